The molecule has 4 nitrogen and oxygen atoms in total. The van der Waals surface area contributed by atoms with Gasteiger partial charge in [0.2, 0.25) is 5.91 Å². The number of rotatable bonds is 3. The van der Waals surface area contributed by atoms with Crippen LogP contribution < -0.4 is 5.32 Å². The highest BCUT2D eigenvalue weighted by atomic mass is 32.2. The second-order valence-electron chi connectivity index (χ2n) is 6.66. The van der Waals surface area contributed by atoms with E-state index in [0.29, 0.717) is 5.75 Å². The van der Waals surface area contributed by atoms with Gasteiger partial charge < -0.3 is 5.32 Å². The molecule has 0 aliphatic heterocycles. The smallest absolute Gasteiger partial charge is 0.230 e. The van der Waals surface area contributed by atoms with Crippen LogP contribution in [0.1, 0.15) is 44.1 Å². The number of fused-ring (bicyclic) bond motifs is 3. The highest BCUT2D eigenvalue weighted by molar-refractivity contribution is 8.00. The lowest BCUT2D eigenvalue weighted by Crippen LogP contribution is -2.41. The van der Waals surface area contributed by atoms with Crippen LogP contribution in [-0.2, 0) is 17.6 Å². The molecule has 0 fully saturated rings. The van der Waals surface area contributed by atoms with Crippen LogP contribution in [0.2, 0.25) is 0 Å². The van der Waals surface area contributed by atoms with Crippen LogP contribution in [0.25, 0.3) is 10.2 Å². The van der Waals surface area contributed by atoms with Crippen molar-refractivity contribution in [1.82, 2.24) is 15.3 Å². The SMILES string of the molecule is CC(C)(C)NC(=O)CSc1ncnc2sc3c(c12)CCCC3. The first kappa shape index (κ1) is 15.7. The van der Waals surface area contributed by atoms with E-state index in [1.54, 1.807) is 17.7 Å². The Morgan fingerprint density at radius 2 is 2.09 bits per heavy atom. The van der Waals surface area contributed by atoms with E-state index in [2.05, 4.69) is 15.3 Å². The Kier molecular flexibility index (Phi) is 4.41. The van der Waals surface area contributed by atoms with Crippen LogP contribution in [0.4, 0.5) is 0 Å². The first-order valence-corrected chi connectivity index (χ1v) is 9.43. The minimum Gasteiger partial charge on any atom is -0.351 e. The van der Waals surface area contributed by atoms with Crippen molar-refractivity contribution in [1.29, 1.82) is 0 Å². The fourth-order valence-corrected chi connectivity index (χ4v) is 4.88. The van der Waals surface area contributed by atoms with E-state index in [1.165, 1.54) is 40.4 Å². The van der Waals surface area contributed by atoms with Crippen LogP contribution in [0.5, 0.6) is 0 Å². The molecule has 1 aliphatic rings. The summed E-state index contributed by atoms with van der Waals surface area (Å²) in [4.78, 5) is 23.4. The largest absolute Gasteiger partial charge is 0.351 e. The molecule has 0 saturated carbocycles. The minimum atomic E-state index is -0.194. The number of nitrogens with one attached hydrogen (secondary N) is 1. The lowest BCUT2D eigenvalue weighted by Gasteiger charge is -2.20. The molecule has 118 valence electrons. The first-order valence-electron chi connectivity index (χ1n) is 7.63. The molecule has 1 amide bonds. The van der Waals surface area contributed by atoms with Crippen molar-refractivity contribution in [2.24, 2.45) is 0 Å². The van der Waals surface area contributed by atoms with Gasteiger partial charge in [0, 0.05) is 15.8 Å². The highest BCUT2D eigenvalue weighted by Gasteiger charge is 2.21. The van der Waals surface area contributed by atoms with Crippen molar-refractivity contribution in [2.75, 3.05) is 5.75 Å². The van der Waals surface area contributed by atoms with E-state index in [9.17, 15) is 4.79 Å². The summed E-state index contributed by atoms with van der Waals surface area (Å²) in [5.41, 5.74) is 1.23. The molecule has 1 aliphatic carbocycles. The third kappa shape index (κ3) is 3.43. The Hall–Kier alpha value is -1.14. The number of nitrogens with zero attached hydrogens (tertiary/aromatic N) is 2. The van der Waals surface area contributed by atoms with E-state index in [0.717, 1.165) is 22.7 Å². The lowest BCUT2D eigenvalue weighted by atomic mass is 9.97. The molecule has 6 heteroatoms. The number of aromatic nitrogens is 2. The van der Waals surface area contributed by atoms with Crippen LogP contribution in [0.15, 0.2) is 11.4 Å². The summed E-state index contributed by atoms with van der Waals surface area (Å²) in [6, 6.07) is 0. The zero-order valence-corrected chi connectivity index (χ0v) is 14.9. The van der Waals surface area contributed by atoms with Crippen LogP contribution >= 0.6 is 23.1 Å². The van der Waals surface area contributed by atoms with Gasteiger partial charge in [0.1, 0.15) is 16.2 Å². The molecule has 22 heavy (non-hydrogen) atoms. The predicted molar refractivity (Wildman–Crippen MR) is 92.7 cm³/mol. The van der Waals surface area contributed by atoms with Gasteiger partial charge in [-0.05, 0) is 52.0 Å². The van der Waals surface area contributed by atoms with Crippen LogP contribution in [0, 0.1) is 0 Å². The third-order valence-corrected chi connectivity index (χ3v) is 5.76. The number of thioether (sulfide) groups is 1. The summed E-state index contributed by atoms with van der Waals surface area (Å²) in [6.45, 7) is 5.98. The number of carbonyl (C=O) groups excluding carboxylic acids is 1. The maximum atomic E-state index is 12.0. The van der Waals surface area contributed by atoms with E-state index >= 15 is 0 Å². The summed E-state index contributed by atoms with van der Waals surface area (Å²) >= 11 is 3.31. The molecule has 1 N–H and O–H groups in total. The molecule has 0 bridgehead atoms. The molecule has 2 aromatic rings. The van der Waals surface area contributed by atoms with Crippen molar-refractivity contribution in [2.45, 2.75) is 57.0 Å². The quantitative estimate of drug-likeness (QED) is 0.688. The van der Waals surface area contributed by atoms with Gasteiger partial charge in [-0.15, -0.1) is 11.3 Å². The minimum absolute atomic E-state index is 0.0494. The molecule has 0 saturated heterocycles. The summed E-state index contributed by atoms with van der Waals surface area (Å²) in [7, 11) is 0. The maximum Gasteiger partial charge on any atom is 0.230 e. The Balaban J connectivity index is 1.82. The van der Waals surface area contributed by atoms with Gasteiger partial charge in [0.05, 0.1) is 5.75 Å². The Bertz CT molecular complexity index is 703. The number of thiophene rings is 1. The molecule has 2 heterocycles. The molecule has 0 radical (unpaired) electrons. The standard InChI is InChI=1S/C16H21N3OS2/c1-16(2,3)19-12(20)8-21-14-13-10-6-4-5-7-11(10)22-15(13)18-9-17-14/h9H,4-8H2,1-3H3,(H,19,20). The van der Waals surface area contributed by atoms with Crippen molar-refractivity contribution in [3.8, 4) is 0 Å². The van der Waals surface area contributed by atoms with Crippen LogP contribution in [0.3, 0.4) is 0 Å². The van der Waals surface area contributed by atoms with Gasteiger partial charge >= 0.3 is 0 Å². The van der Waals surface area contributed by atoms with Gasteiger partial charge in [-0.1, -0.05) is 11.8 Å². The average molecular weight is 335 g/mol. The molecular weight excluding hydrogens is 314 g/mol. The number of hydrogen-bond donors (Lipinski definition) is 1. The highest BCUT2D eigenvalue weighted by Crippen LogP contribution is 2.39. The summed E-state index contributed by atoms with van der Waals surface area (Å²) < 4.78 is 0. The Morgan fingerprint density at radius 3 is 2.86 bits per heavy atom. The van der Waals surface area contributed by atoms with Crippen molar-refractivity contribution in [3.05, 3.63) is 16.8 Å². The lowest BCUT2D eigenvalue weighted by molar-refractivity contribution is -0.119. The van der Waals surface area contributed by atoms with E-state index in [1.807, 2.05) is 20.8 Å². The van der Waals surface area contributed by atoms with Gasteiger partial charge in [-0.25, -0.2) is 9.97 Å². The molecule has 0 atom stereocenters. The number of aryl methyl sites for hydroxylation is 2. The molecule has 0 spiro atoms. The third-order valence-electron chi connectivity index (χ3n) is 3.57. The topological polar surface area (TPSA) is 54.9 Å². The normalized spacial score (nSPS) is 14.9. The molecule has 2 aromatic heterocycles. The molecule has 0 aromatic carbocycles. The van der Waals surface area contributed by atoms with E-state index in [-0.39, 0.29) is 11.4 Å². The summed E-state index contributed by atoms with van der Waals surface area (Å²) in [5, 5.41) is 5.14. The van der Waals surface area contributed by atoms with Gasteiger partial charge in [0.25, 0.3) is 0 Å². The van der Waals surface area contributed by atoms with Gasteiger partial charge in [-0.2, -0.15) is 0 Å². The predicted octanol–water partition coefficient (Wildman–Crippen LogP) is 3.58. The summed E-state index contributed by atoms with van der Waals surface area (Å²) in [6.07, 6.45) is 6.40. The average Bonchev–Trinajstić information content (AvgIpc) is 2.82. The molecular formula is C16H21N3OS2. The fraction of sp³-hybridized carbons (Fsp3) is 0.562. The maximum absolute atomic E-state index is 12.0. The van der Waals surface area contributed by atoms with Gasteiger partial charge in [-0.3, -0.25) is 4.79 Å². The Morgan fingerprint density at radius 1 is 1.32 bits per heavy atom. The zero-order chi connectivity index (χ0) is 15.7. The van der Waals surface area contributed by atoms with Crippen molar-refractivity contribution >= 4 is 39.2 Å². The van der Waals surface area contributed by atoms with Gasteiger partial charge in [0.15, 0.2) is 0 Å². The van der Waals surface area contributed by atoms with Crippen LogP contribution in [-0.4, -0.2) is 27.2 Å². The second-order valence-corrected chi connectivity index (χ2v) is 8.70. The first-order chi connectivity index (χ1) is 10.4. The van der Waals surface area contributed by atoms with Crippen molar-refractivity contribution in [3.63, 3.8) is 0 Å². The van der Waals surface area contributed by atoms with E-state index in [4.69, 9.17) is 0 Å². The number of hydrogen-bond acceptors (Lipinski definition) is 5. The Labute approximate surface area is 139 Å². The zero-order valence-electron chi connectivity index (χ0n) is 13.2. The number of amides is 1. The fourth-order valence-electron chi connectivity index (χ4n) is 2.76. The second kappa shape index (κ2) is 6.16. The molecule has 3 rings (SSSR count). The van der Waals surface area contributed by atoms with E-state index < -0.39 is 0 Å². The monoisotopic (exact) mass is 335 g/mol. The number of carbonyl (C=O) groups is 1. The van der Waals surface area contributed by atoms with Crippen molar-refractivity contribution < 1.29 is 4.79 Å². The summed E-state index contributed by atoms with van der Waals surface area (Å²) in [5.74, 6) is 0.446. The molecule has 0 unspecified atom stereocenters.